The molecule has 1 unspecified atom stereocenters. The highest BCUT2D eigenvalue weighted by Gasteiger charge is 2.27. The molecule has 0 spiro atoms. The third-order valence-electron chi connectivity index (χ3n) is 3.25. The van der Waals surface area contributed by atoms with Crippen molar-refractivity contribution in [3.05, 3.63) is 0 Å². The standard InChI is InChI=1S/C13H24N2O4/c1-18-8-4-6-14-12(16)10-15-7-3-5-11(9-15)13(17)19-2/h11H,3-10H2,1-2H3,(H,14,16). The highest BCUT2D eigenvalue weighted by atomic mass is 16.5. The van der Waals surface area contributed by atoms with Crippen molar-refractivity contribution in [2.45, 2.75) is 19.3 Å². The van der Waals surface area contributed by atoms with Gasteiger partial charge in [0.1, 0.15) is 0 Å². The van der Waals surface area contributed by atoms with Gasteiger partial charge in [-0.3, -0.25) is 14.5 Å². The van der Waals surface area contributed by atoms with Gasteiger partial charge in [-0.2, -0.15) is 0 Å². The molecule has 110 valence electrons. The Hall–Kier alpha value is -1.14. The zero-order valence-corrected chi connectivity index (χ0v) is 11.8. The lowest BCUT2D eigenvalue weighted by Crippen LogP contribution is -2.44. The molecule has 0 aliphatic carbocycles. The van der Waals surface area contributed by atoms with Gasteiger partial charge < -0.3 is 14.8 Å². The fourth-order valence-corrected chi connectivity index (χ4v) is 2.26. The second-order valence-electron chi connectivity index (χ2n) is 4.79. The normalized spacial score (nSPS) is 20.0. The number of carbonyl (C=O) groups excluding carboxylic acids is 2. The number of esters is 1. The molecule has 6 heteroatoms. The van der Waals surface area contributed by atoms with Gasteiger partial charge in [0.2, 0.25) is 5.91 Å². The van der Waals surface area contributed by atoms with Gasteiger partial charge in [-0.15, -0.1) is 0 Å². The van der Waals surface area contributed by atoms with Crippen LogP contribution in [-0.2, 0) is 19.1 Å². The summed E-state index contributed by atoms with van der Waals surface area (Å²) < 4.78 is 9.67. The van der Waals surface area contributed by atoms with E-state index in [1.54, 1.807) is 7.11 Å². The first-order chi connectivity index (χ1) is 9.17. The Balaban J connectivity index is 2.24. The number of amides is 1. The molecule has 1 N–H and O–H groups in total. The van der Waals surface area contributed by atoms with Crippen LogP contribution >= 0.6 is 0 Å². The largest absolute Gasteiger partial charge is 0.469 e. The van der Waals surface area contributed by atoms with Gasteiger partial charge in [0, 0.05) is 26.8 Å². The zero-order chi connectivity index (χ0) is 14.1. The first-order valence-corrected chi connectivity index (χ1v) is 6.73. The average Bonchev–Trinajstić information content (AvgIpc) is 2.43. The molecule has 0 radical (unpaired) electrons. The maximum atomic E-state index is 11.7. The quantitative estimate of drug-likeness (QED) is 0.523. The van der Waals surface area contributed by atoms with E-state index in [9.17, 15) is 9.59 Å². The van der Waals surface area contributed by atoms with Crippen molar-refractivity contribution >= 4 is 11.9 Å². The van der Waals surface area contributed by atoms with Crippen molar-refractivity contribution in [1.82, 2.24) is 10.2 Å². The van der Waals surface area contributed by atoms with E-state index >= 15 is 0 Å². The molecule has 1 fully saturated rings. The van der Waals surface area contributed by atoms with Gasteiger partial charge in [-0.05, 0) is 25.8 Å². The van der Waals surface area contributed by atoms with E-state index < -0.39 is 0 Å². The summed E-state index contributed by atoms with van der Waals surface area (Å²) in [5, 5.41) is 2.85. The fraction of sp³-hybridized carbons (Fsp3) is 0.846. The number of nitrogens with one attached hydrogen (secondary N) is 1. The van der Waals surface area contributed by atoms with Crippen molar-refractivity contribution in [3.8, 4) is 0 Å². The van der Waals surface area contributed by atoms with Crippen molar-refractivity contribution in [2.75, 3.05) is 47.0 Å². The van der Waals surface area contributed by atoms with Crippen LogP contribution in [0.4, 0.5) is 0 Å². The molecule has 19 heavy (non-hydrogen) atoms. The van der Waals surface area contributed by atoms with E-state index in [-0.39, 0.29) is 17.8 Å². The van der Waals surface area contributed by atoms with Gasteiger partial charge in [-0.25, -0.2) is 0 Å². The van der Waals surface area contributed by atoms with Gasteiger partial charge in [0.05, 0.1) is 19.6 Å². The van der Waals surface area contributed by atoms with Crippen LogP contribution in [0, 0.1) is 5.92 Å². The highest BCUT2D eigenvalue weighted by Crippen LogP contribution is 2.17. The monoisotopic (exact) mass is 272 g/mol. The van der Waals surface area contributed by atoms with Crippen molar-refractivity contribution < 1.29 is 19.1 Å². The molecule has 1 saturated heterocycles. The average molecular weight is 272 g/mol. The highest BCUT2D eigenvalue weighted by molar-refractivity contribution is 5.78. The summed E-state index contributed by atoms with van der Waals surface area (Å²) in [6, 6.07) is 0. The van der Waals surface area contributed by atoms with Crippen LogP contribution in [0.5, 0.6) is 0 Å². The van der Waals surface area contributed by atoms with Gasteiger partial charge in [0.15, 0.2) is 0 Å². The first-order valence-electron chi connectivity index (χ1n) is 6.73. The number of likely N-dealkylation sites (tertiary alicyclic amines) is 1. The Labute approximate surface area is 114 Å². The van der Waals surface area contributed by atoms with Crippen LogP contribution in [0.3, 0.4) is 0 Å². The van der Waals surface area contributed by atoms with Crippen LogP contribution < -0.4 is 5.32 Å². The summed E-state index contributed by atoms with van der Waals surface area (Å²) in [5.41, 5.74) is 0. The molecule has 0 aromatic carbocycles. The molecule has 0 aromatic heterocycles. The number of nitrogens with zero attached hydrogens (tertiary/aromatic N) is 1. The fourth-order valence-electron chi connectivity index (χ4n) is 2.26. The Bertz CT molecular complexity index is 296. The molecule has 1 aliphatic heterocycles. The zero-order valence-electron chi connectivity index (χ0n) is 11.8. The van der Waals surface area contributed by atoms with Gasteiger partial charge >= 0.3 is 5.97 Å². The van der Waals surface area contributed by atoms with E-state index in [0.717, 1.165) is 25.8 Å². The Morgan fingerprint density at radius 1 is 1.37 bits per heavy atom. The first kappa shape index (κ1) is 15.9. The molecule has 0 aromatic rings. The summed E-state index contributed by atoms with van der Waals surface area (Å²) in [4.78, 5) is 25.2. The second-order valence-corrected chi connectivity index (χ2v) is 4.79. The van der Waals surface area contributed by atoms with Crippen molar-refractivity contribution in [2.24, 2.45) is 5.92 Å². The summed E-state index contributed by atoms with van der Waals surface area (Å²) in [5.74, 6) is -0.271. The minimum atomic E-state index is -0.176. The van der Waals surface area contributed by atoms with Gasteiger partial charge in [0.25, 0.3) is 0 Å². The lowest BCUT2D eigenvalue weighted by Gasteiger charge is -2.30. The van der Waals surface area contributed by atoms with Crippen LogP contribution in [0.1, 0.15) is 19.3 Å². The van der Waals surface area contributed by atoms with Gasteiger partial charge in [-0.1, -0.05) is 0 Å². The Kier molecular flexibility index (Phi) is 7.43. The van der Waals surface area contributed by atoms with Crippen molar-refractivity contribution in [1.29, 1.82) is 0 Å². The van der Waals surface area contributed by atoms with E-state index in [0.29, 0.717) is 26.2 Å². The number of carbonyl (C=O) groups is 2. The van der Waals surface area contributed by atoms with Crippen molar-refractivity contribution in [3.63, 3.8) is 0 Å². The number of hydrogen-bond acceptors (Lipinski definition) is 5. The molecular formula is C13H24N2O4. The lowest BCUT2D eigenvalue weighted by molar-refractivity contribution is -0.147. The number of rotatable bonds is 7. The Morgan fingerprint density at radius 3 is 2.84 bits per heavy atom. The van der Waals surface area contributed by atoms with Crippen LogP contribution in [0.15, 0.2) is 0 Å². The molecule has 1 aliphatic rings. The molecule has 0 saturated carbocycles. The maximum absolute atomic E-state index is 11.7. The number of hydrogen-bond donors (Lipinski definition) is 1. The molecule has 1 amide bonds. The minimum Gasteiger partial charge on any atom is -0.469 e. The smallest absolute Gasteiger partial charge is 0.309 e. The van der Waals surface area contributed by atoms with E-state index in [2.05, 4.69) is 5.32 Å². The van der Waals surface area contributed by atoms with E-state index in [1.165, 1.54) is 7.11 Å². The third kappa shape index (κ3) is 6.02. The molecular weight excluding hydrogens is 248 g/mol. The Morgan fingerprint density at radius 2 is 2.16 bits per heavy atom. The van der Waals surface area contributed by atoms with E-state index in [1.807, 2.05) is 4.90 Å². The SMILES string of the molecule is COCCCNC(=O)CN1CCCC(C(=O)OC)C1. The molecule has 1 atom stereocenters. The summed E-state index contributed by atoms with van der Waals surface area (Å²) in [6.07, 6.45) is 2.59. The second kappa shape index (κ2) is 8.87. The predicted molar refractivity (Wildman–Crippen MR) is 70.7 cm³/mol. The number of piperidine rings is 1. The lowest BCUT2D eigenvalue weighted by atomic mass is 9.98. The minimum absolute atomic E-state index is 0.00150. The summed E-state index contributed by atoms with van der Waals surface area (Å²) >= 11 is 0. The van der Waals surface area contributed by atoms with E-state index in [4.69, 9.17) is 9.47 Å². The molecule has 1 rings (SSSR count). The maximum Gasteiger partial charge on any atom is 0.309 e. The third-order valence-corrected chi connectivity index (χ3v) is 3.25. The summed E-state index contributed by atoms with van der Waals surface area (Å²) in [6.45, 7) is 3.09. The molecule has 1 heterocycles. The molecule has 6 nitrogen and oxygen atoms in total. The number of ether oxygens (including phenoxy) is 2. The summed E-state index contributed by atoms with van der Waals surface area (Å²) in [7, 11) is 3.05. The predicted octanol–water partition coefficient (Wildman–Crippen LogP) is 0.0241. The topological polar surface area (TPSA) is 67.9 Å². The number of methoxy groups -OCH3 is 2. The molecule has 0 bridgehead atoms. The van der Waals surface area contributed by atoms with Crippen LogP contribution in [-0.4, -0.2) is 63.8 Å². The van der Waals surface area contributed by atoms with Crippen LogP contribution in [0.25, 0.3) is 0 Å². The van der Waals surface area contributed by atoms with Crippen LogP contribution in [0.2, 0.25) is 0 Å².